The lowest BCUT2D eigenvalue weighted by molar-refractivity contribution is 0.00578. The van der Waals surface area contributed by atoms with Gasteiger partial charge in [0.1, 0.15) is 48.6 Å². The van der Waals surface area contributed by atoms with Crippen LogP contribution in [0.15, 0.2) is 174 Å². The van der Waals surface area contributed by atoms with Crippen LogP contribution >= 0.6 is 15.9 Å². The van der Waals surface area contributed by atoms with Crippen LogP contribution in [0.25, 0.3) is 0 Å². The normalized spacial score (nSPS) is 14.9. The van der Waals surface area contributed by atoms with Gasteiger partial charge in [0, 0.05) is 10.5 Å². The third-order valence-corrected chi connectivity index (χ3v) is 14.0. The summed E-state index contributed by atoms with van der Waals surface area (Å²) in [7, 11) is -1.15. The third-order valence-electron chi connectivity index (χ3n) is 13.3. The van der Waals surface area contributed by atoms with Crippen LogP contribution in [0.2, 0.25) is 0 Å². The standard InChI is InChI=1S/C20H16BFO5.C20H23BO5.C14H11BrO3.C6H12BO2/c22-15-7-4-8-16(11-15)27-17-9-10-19(21(24)25)18(12-17)20(23)26-13-14-5-2-1-3-6-14;1-19(2)20(3,4)26-21(25-19)17-11-10-15(22)12-16(17)18(23)24-13-14-8-6-5-7-9-14;15-13-7-6-11(16)8-12(13)14(17)18-9-10-4-2-1-3-5-10;1-5(2)6(3,4)9-7-8-5/h1-12,24-25H,13H2;5-12,22H,13H2,1-4H3;1-8,16H,9H2;1-4H3. The summed E-state index contributed by atoms with van der Waals surface area (Å²) in [5, 5.41) is 38.2. The molecule has 2 heterocycles. The van der Waals surface area contributed by atoms with Gasteiger partial charge in [-0.3, -0.25) is 0 Å². The molecule has 20 heteroatoms. The second-order valence-electron chi connectivity index (χ2n) is 20.2. The predicted molar refractivity (Wildman–Crippen MR) is 305 cm³/mol. The molecule has 2 saturated heterocycles. The maximum atomic E-state index is 13.3. The van der Waals surface area contributed by atoms with Crippen molar-refractivity contribution in [2.45, 2.75) is 97.6 Å². The van der Waals surface area contributed by atoms with Crippen LogP contribution < -0.4 is 15.7 Å². The van der Waals surface area contributed by atoms with Gasteiger partial charge in [0.15, 0.2) is 0 Å². The van der Waals surface area contributed by atoms with Gasteiger partial charge in [0.25, 0.3) is 0 Å². The van der Waals surface area contributed by atoms with E-state index in [9.17, 15) is 39.0 Å². The van der Waals surface area contributed by atoms with E-state index in [4.69, 9.17) is 37.6 Å². The molecule has 0 spiro atoms. The van der Waals surface area contributed by atoms with Crippen LogP contribution in [0, 0.1) is 5.82 Å². The van der Waals surface area contributed by atoms with Gasteiger partial charge in [-0.05, 0) is 154 Å². The minimum absolute atomic E-state index is 0.0142. The topological polar surface area (TPSA) is 206 Å². The fourth-order valence-corrected chi connectivity index (χ4v) is 7.59. The molecule has 9 rings (SSSR count). The lowest BCUT2D eigenvalue weighted by atomic mass is 9.76. The maximum absolute atomic E-state index is 13.3. The second-order valence-corrected chi connectivity index (χ2v) is 21.1. The molecular weight excluding hydrogens is 1090 g/mol. The second kappa shape index (κ2) is 27.7. The Morgan fingerprint density at radius 1 is 0.525 bits per heavy atom. The first-order chi connectivity index (χ1) is 37.8. The summed E-state index contributed by atoms with van der Waals surface area (Å²) in [5.41, 5.74) is 2.20. The number of rotatable bonds is 13. The number of phenols is 2. The molecule has 0 aliphatic carbocycles. The van der Waals surface area contributed by atoms with Gasteiger partial charge in [-0.2, -0.15) is 0 Å². The Balaban J connectivity index is 0.000000182. The number of carbonyl (C=O) groups excluding carboxylic acids is 3. The zero-order valence-electron chi connectivity index (χ0n) is 45.6. The molecule has 2 fully saturated rings. The summed E-state index contributed by atoms with van der Waals surface area (Å²) in [6.45, 7) is 16.2. The van der Waals surface area contributed by atoms with Gasteiger partial charge >= 0.3 is 39.8 Å². The lowest BCUT2D eigenvalue weighted by Gasteiger charge is -2.32. The number of aromatic hydroxyl groups is 2. The van der Waals surface area contributed by atoms with Crippen molar-refractivity contribution in [1.82, 2.24) is 0 Å². The molecule has 7 aromatic carbocycles. The molecule has 2 aliphatic rings. The van der Waals surface area contributed by atoms with Crippen molar-refractivity contribution < 1.29 is 76.6 Å². The van der Waals surface area contributed by atoms with Crippen molar-refractivity contribution >= 4 is 66.7 Å². The number of esters is 3. The van der Waals surface area contributed by atoms with Gasteiger partial charge in [0.2, 0.25) is 0 Å². The minimum Gasteiger partial charge on any atom is -0.508 e. The zero-order valence-corrected chi connectivity index (χ0v) is 47.1. The van der Waals surface area contributed by atoms with E-state index < -0.39 is 49.2 Å². The number of hydrogen-bond donors (Lipinski definition) is 4. The van der Waals surface area contributed by atoms with Crippen LogP contribution in [0.1, 0.15) is 103 Å². The van der Waals surface area contributed by atoms with Gasteiger partial charge in [0.05, 0.1) is 39.1 Å². The molecule has 15 nitrogen and oxygen atoms in total. The molecule has 0 bridgehead atoms. The Labute approximate surface area is 475 Å². The summed E-state index contributed by atoms with van der Waals surface area (Å²) >= 11 is 3.25. The average Bonchev–Trinajstić information content (AvgIpc) is 3.81. The molecule has 0 saturated carbocycles. The van der Waals surface area contributed by atoms with Crippen LogP contribution in [0.5, 0.6) is 23.0 Å². The molecular formula is C60H62B3BrFO15. The number of hydrogen-bond acceptors (Lipinski definition) is 15. The Hall–Kier alpha value is -7.29. The molecule has 0 atom stereocenters. The van der Waals surface area contributed by atoms with Crippen molar-refractivity contribution in [2.75, 3.05) is 0 Å². The van der Waals surface area contributed by atoms with E-state index in [0.29, 0.717) is 15.5 Å². The lowest BCUT2D eigenvalue weighted by Crippen LogP contribution is -2.41. The van der Waals surface area contributed by atoms with Gasteiger partial charge < -0.3 is 57.8 Å². The Morgan fingerprint density at radius 2 is 0.963 bits per heavy atom. The molecule has 0 unspecified atom stereocenters. The molecule has 0 amide bonds. The maximum Gasteiger partial charge on any atom is 0.495 e. The quantitative estimate of drug-likeness (QED) is 0.0482. The summed E-state index contributed by atoms with van der Waals surface area (Å²) in [6.07, 6.45) is 0. The molecule has 1 radical (unpaired) electrons. The number of ether oxygens (including phenoxy) is 4. The van der Waals surface area contributed by atoms with E-state index in [1.165, 1.54) is 68.3 Å². The van der Waals surface area contributed by atoms with E-state index >= 15 is 0 Å². The van der Waals surface area contributed by atoms with Gasteiger partial charge in [-0.25, -0.2) is 18.8 Å². The predicted octanol–water partition coefficient (Wildman–Crippen LogP) is 10.3. The first kappa shape index (κ1) is 61.9. The van der Waals surface area contributed by atoms with Crippen LogP contribution in [0.4, 0.5) is 4.39 Å². The van der Waals surface area contributed by atoms with E-state index in [-0.39, 0.29) is 70.6 Å². The Morgan fingerprint density at radius 3 is 1.41 bits per heavy atom. The van der Waals surface area contributed by atoms with E-state index in [1.807, 2.05) is 134 Å². The van der Waals surface area contributed by atoms with Crippen molar-refractivity contribution in [1.29, 1.82) is 0 Å². The minimum atomic E-state index is -1.85. The highest BCUT2D eigenvalue weighted by molar-refractivity contribution is 9.10. The van der Waals surface area contributed by atoms with Crippen molar-refractivity contribution in [3.63, 3.8) is 0 Å². The Bertz CT molecular complexity index is 3150. The first-order valence-electron chi connectivity index (χ1n) is 25.3. The van der Waals surface area contributed by atoms with E-state index in [1.54, 1.807) is 30.3 Å². The Kier molecular flexibility index (Phi) is 21.5. The van der Waals surface area contributed by atoms with E-state index in [0.717, 1.165) is 16.7 Å². The number of benzene rings is 7. The summed E-state index contributed by atoms with van der Waals surface area (Å²) in [6, 6.07) is 46.6. The smallest absolute Gasteiger partial charge is 0.495 e. The summed E-state index contributed by atoms with van der Waals surface area (Å²) in [5.74, 6) is -1.70. The monoisotopic (exact) mass is 1150 g/mol. The number of halogens is 2. The highest BCUT2D eigenvalue weighted by atomic mass is 79.9. The van der Waals surface area contributed by atoms with Gasteiger partial charge in [-0.1, -0.05) is 109 Å². The molecule has 415 valence electrons. The molecule has 4 N–H and O–H groups in total. The SMILES string of the molecule is CC1(C)OB(c2ccc(O)cc2C(=O)OCc2ccccc2)OC1(C)C.CC1(C)O[B]OC1(C)C.O=C(OCc1ccccc1)c1cc(O)ccc1Br.O=C(OCc1ccccc1)c1cc(Oc2cccc(F)c2)ccc1B(O)O. The summed E-state index contributed by atoms with van der Waals surface area (Å²) in [4.78, 5) is 36.9. The fraction of sp³-hybridized carbons (Fsp3) is 0.250. The zero-order chi connectivity index (χ0) is 58.3. The van der Waals surface area contributed by atoms with Crippen LogP contribution in [-0.4, -0.2) is 82.5 Å². The largest absolute Gasteiger partial charge is 0.508 e. The summed E-state index contributed by atoms with van der Waals surface area (Å²) < 4.78 is 57.7. The third kappa shape index (κ3) is 17.4. The molecule has 2 aliphatic heterocycles. The highest BCUT2D eigenvalue weighted by Gasteiger charge is 2.52. The van der Waals surface area contributed by atoms with Crippen molar-refractivity contribution in [2.24, 2.45) is 0 Å². The average molecular weight is 1150 g/mol. The molecule has 0 aromatic heterocycles. The molecule has 80 heavy (non-hydrogen) atoms. The van der Waals surface area contributed by atoms with Crippen LogP contribution in [0.3, 0.4) is 0 Å². The van der Waals surface area contributed by atoms with Crippen molar-refractivity contribution in [3.05, 3.63) is 214 Å². The number of phenolic OH excluding ortho intramolecular Hbond substituents is 2. The molecule has 7 aromatic rings. The first-order valence-corrected chi connectivity index (χ1v) is 26.0. The highest BCUT2D eigenvalue weighted by Crippen LogP contribution is 2.37. The van der Waals surface area contributed by atoms with Gasteiger partial charge in [-0.15, -0.1) is 0 Å². The van der Waals surface area contributed by atoms with E-state index in [2.05, 4.69) is 15.9 Å². The fourth-order valence-electron chi connectivity index (χ4n) is 7.18. The number of carbonyl (C=O) groups is 3. The van der Waals surface area contributed by atoms with Crippen molar-refractivity contribution in [3.8, 4) is 23.0 Å². The van der Waals surface area contributed by atoms with Crippen LogP contribution in [-0.2, 0) is 52.6 Å².